The van der Waals surface area contributed by atoms with Crippen LogP contribution in [0.3, 0.4) is 0 Å². The van der Waals surface area contributed by atoms with Crippen LogP contribution in [0.1, 0.15) is 66.8 Å². The second kappa shape index (κ2) is 9.96. The molecular formula is C25H20O10. The topological polar surface area (TPSA) is 168 Å². The molecule has 0 radical (unpaired) electrons. The summed E-state index contributed by atoms with van der Waals surface area (Å²) in [5.41, 5.74) is -0.907. The summed E-state index contributed by atoms with van der Waals surface area (Å²) in [5, 5.41) is 37.0. The molecule has 0 aromatic heterocycles. The van der Waals surface area contributed by atoms with Gasteiger partial charge < -0.3 is 29.9 Å². The summed E-state index contributed by atoms with van der Waals surface area (Å²) >= 11 is 0. The lowest BCUT2D eigenvalue weighted by Crippen LogP contribution is -2.08. The van der Waals surface area contributed by atoms with Gasteiger partial charge in [0.1, 0.15) is 23.0 Å². The Morgan fingerprint density at radius 1 is 0.571 bits per heavy atom. The van der Waals surface area contributed by atoms with E-state index >= 15 is 0 Å². The van der Waals surface area contributed by atoms with E-state index in [0.717, 1.165) is 29.8 Å². The normalized spacial score (nSPS) is 10.6. The van der Waals surface area contributed by atoms with Gasteiger partial charge in [0, 0.05) is 6.07 Å². The molecule has 180 valence electrons. The molecule has 0 atom stereocenters. The summed E-state index contributed by atoms with van der Waals surface area (Å²) < 4.78 is 11.6. The fourth-order valence-electron chi connectivity index (χ4n) is 3.31. The van der Waals surface area contributed by atoms with Crippen molar-refractivity contribution < 1.29 is 49.1 Å². The molecule has 0 aliphatic rings. The predicted molar refractivity (Wildman–Crippen MR) is 121 cm³/mol. The van der Waals surface area contributed by atoms with Gasteiger partial charge in [0.05, 0.1) is 22.3 Å². The highest BCUT2D eigenvalue weighted by molar-refractivity contribution is 6.02. The first kappa shape index (κ1) is 24.8. The summed E-state index contributed by atoms with van der Waals surface area (Å²) in [6, 6.07) is 11.9. The number of hydrogen-bond acceptors (Lipinski definition) is 6. The maximum atomic E-state index is 11.5. The average Bonchev–Trinajstić information content (AvgIpc) is 2.78. The van der Waals surface area contributed by atoms with E-state index in [4.69, 9.17) is 14.6 Å². The van der Waals surface area contributed by atoms with Gasteiger partial charge in [0.25, 0.3) is 0 Å². The van der Waals surface area contributed by atoms with Gasteiger partial charge in [-0.05, 0) is 53.9 Å². The van der Waals surface area contributed by atoms with Crippen molar-refractivity contribution in [1.82, 2.24) is 0 Å². The summed E-state index contributed by atoms with van der Waals surface area (Å²) in [7, 11) is 0. The average molecular weight is 480 g/mol. The number of hydrogen-bond donors (Lipinski definition) is 4. The standard InChI is InChI=1S/C25H20O10/c1-12(2)16-6-3-15(34-13-4-7-17(22(26)27)19(9-13)24(30)31)11-21(16)35-14-5-8-18(23(28)29)20(10-14)25(32)33/h3-12H,1-2H3,(H,26,27)(H,28,29)(H,30,31)(H,32,33). The third-order valence-corrected chi connectivity index (χ3v) is 4.97. The van der Waals surface area contributed by atoms with Crippen LogP contribution >= 0.6 is 0 Å². The van der Waals surface area contributed by atoms with Gasteiger partial charge >= 0.3 is 23.9 Å². The van der Waals surface area contributed by atoms with Crippen LogP contribution in [0.2, 0.25) is 0 Å². The Kier molecular flexibility index (Phi) is 7.05. The molecule has 0 aliphatic heterocycles. The van der Waals surface area contributed by atoms with Crippen LogP contribution < -0.4 is 9.47 Å². The van der Waals surface area contributed by atoms with Crippen molar-refractivity contribution in [3.05, 3.63) is 82.4 Å². The van der Waals surface area contributed by atoms with Crippen molar-refractivity contribution in [3.8, 4) is 23.0 Å². The molecule has 0 aliphatic carbocycles. The quantitative estimate of drug-likeness (QED) is 0.320. The van der Waals surface area contributed by atoms with Crippen molar-refractivity contribution in [1.29, 1.82) is 0 Å². The molecule has 0 spiro atoms. The molecule has 0 saturated carbocycles. The highest BCUT2D eigenvalue weighted by Gasteiger charge is 2.20. The Labute approximate surface area is 198 Å². The van der Waals surface area contributed by atoms with Gasteiger partial charge in [-0.25, -0.2) is 19.2 Å². The van der Waals surface area contributed by atoms with Crippen LogP contribution in [-0.4, -0.2) is 44.3 Å². The SMILES string of the molecule is CC(C)c1ccc(Oc2ccc(C(=O)O)c(C(=O)O)c2)cc1Oc1ccc(C(=O)O)c(C(=O)O)c1. The van der Waals surface area contributed by atoms with Crippen LogP contribution in [0, 0.1) is 0 Å². The van der Waals surface area contributed by atoms with Crippen molar-refractivity contribution in [2.45, 2.75) is 19.8 Å². The fourth-order valence-corrected chi connectivity index (χ4v) is 3.31. The second-order valence-corrected chi connectivity index (χ2v) is 7.69. The molecule has 10 nitrogen and oxygen atoms in total. The molecule has 10 heteroatoms. The van der Waals surface area contributed by atoms with Crippen LogP contribution in [0.15, 0.2) is 54.6 Å². The van der Waals surface area contributed by atoms with Crippen molar-refractivity contribution >= 4 is 23.9 Å². The number of aromatic carboxylic acids is 4. The summed E-state index contributed by atoms with van der Waals surface area (Å²) in [4.78, 5) is 45.5. The number of carboxylic acids is 4. The lowest BCUT2D eigenvalue weighted by atomic mass is 10.0. The zero-order chi connectivity index (χ0) is 25.9. The number of carbonyl (C=O) groups is 4. The zero-order valence-corrected chi connectivity index (χ0v) is 18.5. The van der Waals surface area contributed by atoms with Crippen LogP contribution in [0.4, 0.5) is 0 Å². The molecule has 0 saturated heterocycles. The van der Waals surface area contributed by atoms with Crippen molar-refractivity contribution in [2.75, 3.05) is 0 Å². The summed E-state index contributed by atoms with van der Waals surface area (Å²) in [6.07, 6.45) is 0. The third-order valence-electron chi connectivity index (χ3n) is 4.97. The van der Waals surface area contributed by atoms with E-state index in [2.05, 4.69) is 0 Å². The van der Waals surface area contributed by atoms with Crippen LogP contribution in [0.25, 0.3) is 0 Å². The maximum Gasteiger partial charge on any atom is 0.336 e. The van der Waals surface area contributed by atoms with Gasteiger partial charge in [-0.15, -0.1) is 0 Å². The van der Waals surface area contributed by atoms with Crippen molar-refractivity contribution in [2.24, 2.45) is 0 Å². The highest BCUT2D eigenvalue weighted by Crippen LogP contribution is 2.36. The molecule has 3 aromatic rings. The maximum absolute atomic E-state index is 11.5. The molecule has 0 fully saturated rings. The van der Waals surface area contributed by atoms with E-state index in [0.29, 0.717) is 5.75 Å². The minimum atomic E-state index is -1.42. The first-order valence-electron chi connectivity index (χ1n) is 10.2. The molecule has 3 aromatic carbocycles. The lowest BCUT2D eigenvalue weighted by molar-refractivity contribution is 0.0651. The number of ether oxygens (including phenoxy) is 2. The number of carboxylic acid groups (broad SMARTS) is 4. The zero-order valence-electron chi connectivity index (χ0n) is 18.5. The molecular weight excluding hydrogens is 460 g/mol. The monoisotopic (exact) mass is 480 g/mol. The molecule has 0 bridgehead atoms. The lowest BCUT2D eigenvalue weighted by Gasteiger charge is -2.16. The minimum Gasteiger partial charge on any atom is -0.478 e. The summed E-state index contributed by atoms with van der Waals surface area (Å²) in [5.74, 6) is -4.92. The predicted octanol–water partition coefficient (Wildman–Crippen LogP) is 5.19. The molecule has 0 amide bonds. The highest BCUT2D eigenvalue weighted by atomic mass is 16.5. The molecule has 0 unspecified atom stereocenters. The van der Waals surface area contributed by atoms with Gasteiger partial charge in [-0.2, -0.15) is 0 Å². The molecule has 4 N–H and O–H groups in total. The van der Waals surface area contributed by atoms with Gasteiger partial charge in [0.2, 0.25) is 0 Å². The molecule has 3 rings (SSSR count). The van der Waals surface area contributed by atoms with E-state index < -0.39 is 35.0 Å². The Bertz CT molecular complexity index is 1340. The Balaban J connectivity index is 1.98. The number of rotatable bonds is 9. The first-order chi connectivity index (χ1) is 16.5. The fraction of sp³-hybridized carbons (Fsp3) is 0.120. The second-order valence-electron chi connectivity index (χ2n) is 7.69. The van der Waals surface area contributed by atoms with E-state index in [1.54, 1.807) is 12.1 Å². The molecule has 0 heterocycles. The largest absolute Gasteiger partial charge is 0.478 e. The van der Waals surface area contributed by atoms with E-state index in [1.807, 2.05) is 13.8 Å². The van der Waals surface area contributed by atoms with Crippen molar-refractivity contribution in [3.63, 3.8) is 0 Å². The minimum absolute atomic E-state index is 0.00949. The Morgan fingerprint density at radius 3 is 1.40 bits per heavy atom. The van der Waals surface area contributed by atoms with Crippen LogP contribution in [0.5, 0.6) is 23.0 Å². The smallest absolute Gasteiger partial charge is 0.336 e. The number of benzene rings is 3. The summed E-state index contributed by atoms with van der Waals surface area (Å²) in [6.45, 7) is 3.81. The Hall–Kier alpha value is -4.86. The Morgan fingerprint density at radius 2 is 0.971 bits per heavy atom. The van der Waals surface area contributed by atoms with E-state index in [9.17, 15) is 34.5 Å². The molecule has 35 heavy (non-hydrogen) atoms. The van der Waals surface area contributed by atoms with Gasteiger partial charge in [0.15, 0.2) is 0 Å². The van der Waals surface area contributed by atoms with Gasteiger partial charge in [-0.3, -0.25) is 0 Å². The van der Waals surface area contributed by atoms with E-state index in [-0.39, 0.29) is 34.3 Å². The van der Waals surface area contributed by atoms with Gasteiger partial charge in [-0.1, -0.05) is 19.9 Å². The third kappa shape index (κ3) is 5.56. The van der Waals surface area contributed by atoms with Crippen LogP contribution in [-0.2, 0) is 0 Å². The van der Waals surface area contributed by atoms with E-state index in [1.165, 1.54) is 18.2 Å². The first-order valence-corrected chi connectivity index (χ1v) is 10.2.